The Morgan fingerprint density at radius 1 is 1.14 bits per heavy atom. The molecule has 5 rings (SSSR count). The molecule has 2 aliphatic rings. The quantitative estimate of drug-likeness (QED) is 0.424. The second-order valence-electron chi connectivity index (χ2n) is 8.49. The van der Waals surface area contributed by atoms with Crippen molar-refractivity contribution in [2.45, 2.75) is 44.8 Å². The standard InChI is InChI=1S/C24H24N2O3/c1-4-25-20-11-9-16-7-5-6-8-19(16)22(20)23(2,3)24(25)14-13-17-15-18(26(27)28)10-12-21(17)29-24/h5-12,15H,4,13-14H2,1-3H3. The lowest BCUT2D eigenvalue weighted by Gasteiger charge is -2.49. The molecule has 148 valence electrons. The van der Waals surface area contributed by atoms with Gasteiger partial charge in [-0.05, 0) is 55.7 Å². The smallest absolute Gasteiger partial charge is 0.269 e. The Balaban J connectivity index is 1.69. The van der Waals surface area contributed by atoms with Crippen molar-refractivity contribution < 1.29 is 9.66 Å². The number of rotatable bonds is 2. The number of anilines is 1. The molecule has 0 radical (unpaired) electrons. The van der Waals surface area contributed by atoms with E-state index in [1.165, 1.54) is 22.0 Å². The van der Waals surface area contributed by atoms with Crippen LogP contribution in [0.2, 0.25) is 0 Å². The summed E-state index contributed by atoms with van der Waals surface area (Å²) in [6, 6.07) is 17.9. The maximum Gasteiger partial charge on any atom is 0.269 e. The van der Waals surface area contributed by atoms with E-state index >= 15 is 0 Å². The third kappa shape index (κ3) is 2.27. The van der Waals surface area contributed by atoms with Crippen molar-refractivity contribution >= 4 is 22.1 Å². The molecular formula is C24H24N2O3. The molecule has 1 unspecified atom stereocenters. The van der Waals surface area contributed by atoms with E-state index in [2.05, 4.69) is 62.1 Å². The fraction of sp³-hybridized carbons (Fsp3) is 0.333. The van der Waals surface area contributed by atoms with Crippen LogP contribution in [0, 0.1) is 10.1 Å². The monoisotopic (exact) mass is 388 g/mol. The molecule has 0 amide bonds. The van der Waals surface area contributed by atoms with Gasteiger partial charge in [0.15, 0.2) is 5.72 Å². The van der Waals surface area contributed by atoms with Gasteiger partial charge in [-0.2, -0.15) is 0 Å². The number of fused-ring (bicyclic) bond motifs is 4. The number of nitrogens with zero attached hydrogens (tertiary/aromatic N) is 2. The van der Waals surface area contributed by atoms with Gasteiger partial charge in [-0.1, -0.05) is 30.3 Å². The van der Waals surface area contributed by atoms with Crippen molar-refractivity contribution in [3.8, 4) is 5.75 Å². The lowest BCUT2D eigenvalue weighted by Crippen LogP contribution is -2.61. The lowest BCUT2D eigenvalue weighted by molar-refractivity contribution is -0.385. The molecule has 0 N–H and O–H groups in total. The van der Waals surface area contributed by atoms with Crippen LogP contribution >= 0.6 is 0 Å². The van der Waals surface area contributed by atoms with E-state index in [4.69, 9.17) is 4.74 Å². The Labute approximate surface area is 170 Å². The molecule has 0 bridgehead atoms. The molecule has 0 saturated carbocycles. The van der Waals surface area contributed by atoms with Crippen molar-refractivity contribution in [2.75, 3.05) is 11.4 Å². The van der Waals surface area contributed by atoms with Gasteiger partial charge in [0, 0.05) is 36.3 Å². The molecule has 0 aliphatic carbocycles. The zero-order valence-corrected chi connectivity index (χ0v) is 16.9. The van der Waals surface area contributed by atoms with Crippen LogP contribution in [-0.2, 0) is 11.8 Å². The van der Waals surface area contributed by atoms with Gasteiger partial charge in [-0.3, -0.25) is 10.1 Å². The van der Waals surface area contributed by atoms with Crippen LogP contribution in [0.3, 0.4) is 0 Å². The number of ether oxygens (including phenoxy) is 1. The van der Waals surface area contributed by atoms with Crippen molar-refractivity contribution in [3.05, 3.63) is 75.8 Å². The van der Waals surface area contributed by atoms with Crippen molar-refractivity contribution in [1.82, 2.24) is 0 Å². The van der Waals surface area contributed by atoms with E-state index in [1.54, 1.807) is 18.2 Å². The van der Waals surface area contributed by atoms with Gasteiger partial charge in [-0.25, -0.2) is 0 Å². The molecular weight excluding hydrogens is 364 g/mol. The molecule has 29 heavy (non-hydrogen) atoms. The minimum atomic E-state index is -0.517. The predicted octanol–water partition coefficient (Wildman–Crippen LogP) is 5.59. The molecule has 2 aliphatic heterocycles. The van der Waals surface area contributed by atoms with Gasteiger partial charge in [0.1, 0.15) is 5.75 Å². The first-order valence-electron chi connectivity index (χ1n) is 10.2. The topological polar surface area (TPSA) is 55.6 Å². The molecule has 0 aromatic heterocycles. The van der Waals surface area contributed by atoms with Crippen molar-refractivity contribution in [1.29, 1.82) is 0 Å². The molecule has 0 fully saturated rings. The Bertz CT molecular complexity index is 1150. The second kappa shape index (κ2) is 5.96. The van der Waals surface area contributed by atoms with Crippen molar-refractivity contribution in [3.63, 3.8) is 0 Å². The Hall–Kier alpha value is -3.08. The van der Waals surface area contributed by atoms with Crippen molar-refractivity contribution in [2.24, 2.45) is 0 Å². The summed E-state index contributed by atoms with van der Waals surface area (Å²) in [5, 5.41) is 13.7. The Kier molecular flexibility index (Phi) is 3.69. The average molecular weight is 388 g/mol. The summed E-state index contributed by atoms with van der Waals surface area (Å²) in [5.74, 6) is 0.755. The lowest BCUT2D eigenvalue weighted by atomic mass is 9.72. The minimum Gasteiger partial charge on any atom is -0.467 e. The van der Waals surface area contributed by atoms with Crippen LogP contribution in [0.15, 0.2) is 54.6 Å². The first-order chi connectivity index (χ1) is 13.9. The molecule has 3 aromatic carbocycles. The SMILES string of the molecule is CCN1c2ccc3ccccc3c2C(C)(C)C12CCc1cc([N+](=O)[O-])ccc1O2. The summed E-state index contributed by atoms with van der Waals surface area (Å²) in [6.07, 6.45) is 1.54. The highest BCUT2D eigenvalue weighted by atomic mass is 16.6. The Morgan fingerprint density at radius 2 is 1.93 bits per heavy atom. The molecule has 3 aromatic rings. The number of likely N-dealkylation sites (N-methyl/N-ethyl adjacent to an activating group) is 1. The number of hydrogen-bond donors (Lipinski definition) is 0. The van der Waals surface area contributed by atoms with E-state index < -0.39 is 5.72 Å². The number of nitro benzene ring substituents is 1. The maximum atomic E-state index is 11.2. The molecule has 5 heteroatoms. The van der Waals surface area contributed by atoms with E-state index in [9.17, 15) is 10.1 Å². The maximum absolute atomic E-state index is 11.2. The molecule has 1 spiro atoms. The van der Waals surface area contributed by atoms with Gasteiger partial charge >= 0.3 is 0 Å². The number of hydrogen-bond acceptors (Lipinski definition) is 4. The highest BCUT2D eigenvalue weighted by molar-refractivity contribution is 5.93. The summed E-state index contributed by atoms with van der Waals surface area (Å²) >= 11 is 0. The number of benzene rings is 3. The van der Waals surface area contributed by atoms with E-state index in [0.29, 0.717) is 0 Å². The third-order valence-corrected chi connectivity index (χ3v) is 6.82. The molecule has 2 heterocycles. The summed E-state index contributed by atoms with van der Waals surface area (Å²) in [5.41, 5.74) is 2.81. The molecule has 5 nitrogen and oxygen atoms in total. The summed E-state index contributed by atoms with van der Waals surface area (Å²) in [4.78, 5) is 13.2. The first kappa shape index (κ1) is 18.0. The van der Waals surface area contributed by atoms with Crippen LogP contribution in [0.4, 0.5) is 11.4 Å². The zero-order valence-electron chi connectivity index (χ0n) is 16.9. The summed E-state index contributed by atoms with van der Waals surface area (Å²) in [6.45, 7) is 7.53. The van der Waals surface area contributed by atoms with Gasteiger partial charge < -0.3 is 9.64 Å². The van der Waals surface area contributed by atoms with Gasteiger partial charge in [0.2, 0.25) is 0 Å². The zero-order chi connectivity index (χ0) is 20.4. The highest BCUT2D eigenvalue weighted by Gasteiger charge is 2.60. The minimum absolute atomic E-state index is 0.121. The van der Waals surface area contributed by atoms with Gasteiger partial charge in [0.25, 0.3) is 5.69 Å². The van der Waals surface area contributed by atoms with Crippen LogP contribution in [0.25, 0.3) is 10.8 Å². The average Bonchev–Trinajstić information content (AvgIpc) is 2.90. The Morgan fingerprint density at radius 3 is 2.69 bits per heavy atom. The van der Waals surface area contributed by atoms with Crippen LogP contribution in [-0.4, -0.2) is 17.2 Å². The summed E-state index contributed by atoms with van der Waals surface area (Å²) in [7, 11) is 0. The van der Waals surface area contributed by atoms with Gasteiger partial charge in [-0.15, -0.1) is 0 Å². The first-order valence-corrected chi connectivity index (χ1v) is 10.2. The predicted molar refractivity (Wildman–Crippen MR) is 115 cm³/mol. The molecule has 1 atom stereocenters. The fourth-order valence-electron chi connectivity index (χ4n) is 5.44. The number of aryl methyl sites for hydroxylation is 1. The third-order valence-electron chi connectivity index (χ3n) is 6.82. The van der Waals surface area contributed by atoms with E-state index in [1.807, 2.05) is 0 Å². The number of nitro groups is 1. The van der Waals surface area contributed by atoms with E-state index in [0.717, 1.165) is 30.7 Å². The van der Waals surface area contributed by atoms with Crippen LogP contribution < -0.4 is 9.64 Å². The molecule has 0 saturated heterocycles. The van der Waals surface area contributed by atoms with E-state index in [-0.39, 0.29) is 16.0 Å². The van der Waals surface area contributed by atoms with Gasteiger partial charge in [0.05, 0.1) is 10.3 Å². The van der Waals surface area contributed by atoms with Crippen LogP contribution in [0.5, 0.6) is 5.75 Å². The summed E-state index contributed by atoms with van der Waals surface area (Å²) < 4.78 is 6.77. The second-order valence-corrected chi connectivity index (χ2v) is 8.49. The largest absolute Gasteiger partial charge is 0.467 e. The normalized spacial score (nSPS) is 21.7. The highest BCUT2D eigenvalue weighted by Crippen LogP contribution is 2.57. The number of non-ortho nitro benzene ring substituents is 1. The van der Waals surface area contributed by atoms with Crippen LogP contribution in [0.1, 0.15) is 38.3 Å². The fourth-order valence-corrected chi connectivity index (χ4v) is 5.44.